The molecule has 0 spiro atoms. The van der Waals surface area contributed by atoms with Crippen molar-refractivity contribution in [2.75, 3.05) is 0 Å². The van der Waals surface area contributed by atoms with Gasteiger partial charge < -0.3 is 12.0 Å². The molecule has 0 aromatic heterocycles. The summed E-state index contributed by atoms with van der Waals surface area (Å²) in [6, 6.07) is 44.9. The van der Waals surface area contributed by atoms with Gasteiger partial charge in [0.15, 0.2) is 5.78 Å². The molecule has 0 atom stereocenters. The third-order valence-electron chi connectivity index (χ3n) is 10.0. The first-order valence-electron chi connectivity index (χ1n) is 17.3. The molecule has 0 bridgehead atoms. The molecule has 0 saturated carbocycles. The number of carbonyl (C=O) groups is 1. The fourth-order valence-corrected chi connectivity index (χ4v) is 7.49. The number of hydrogen-bond acceptors (Lipinski definition) is 2. The number of fused-ring (bicyclic) bond motifs is 8. The molecule has 0 fully saturated rings. The van der Waals surface area contributed by atoms with Crippen molar-refractivity contribution in [2.45, 2.75) is 51.0 Å². The van der Waals surface area contributed by atoms with E-state index in [9.17, 15) is 9.90 Å². The maximum absolute atomic E-state index is 11.9. The van der Waals surface area contributed by atoms with Gasteiger partial charge in [-0.2, -0.15) is 6.42 Å². The van der Waals surface area contributed by atoms with E-state index in [1.165, 1.54) is 52.4 Å². The molecule has 4 heteroatoms. The van der Waals surface area contributed by atoms with Gasteiger partial charge in [0.05, 0.1) is 0 Å². The summed E-state index contributed by atoms with van der Waals surface area (Å²) in [5, 5.41) is 11.7. The molecule has 0 radical (unpaired) electrons. The van der Waals surface area contributed by atoms with Gasteiger partial charge in [-0.05, 0) is 87.9 Å². The summed E-state index contributed by atoms with van der Waals surface area (Å²) in [5.74, 6) is 0.149. The van der Waals surface area contributed by atoms with Crippen molar-refractivity contribution in [3.05, 3.63) is 195 Å². The standard InChI is InChI=1S/C21H16O.C13H8O.C8H7Br.C4H9.Li/c22-21(16-12-11-14-9-10-15(14)13-16)19-7-3-1-5-17(19)18-6-2-4-8-20(18)21;14-13-11-7-3-1-5-9(11)10-6-2-4-8-12(10)13;9-8-4-3-6-1-2-7(6)5-8;1-3-4-2;/h1-8,11-13,22H,9-10H2;1-8H;3-5H,1-2H2;1,3-4H2,2H3;/q;;;-1;+1. The Morgan fingerprint density at radius 2 is 0.980 bits per heavy atom. The minimum Gasteiger partial charge on any atom is -0.376 e. The molecule has 2 nitrogen and oxygen atoms in total. The third kappa shape index (κ3) is 6.61. The monoisotopic (exact) mass is 710 g/mol. The van der Waals surface area contributed by atoms with Gasteiger partial charge in [0, 0.05) is 26.7 Å². The Kier molecular flexibility index (Phi) is 11.1. The van der Waals surface area contributed by atoms with Crippen LogP contribution in [0.4, 0.5) is 0 Å². The quantitative estimate of drug-likeness (QED) is 0.145. The molecule has 10 rings (SSSR count). The number of hydrogen-bond donors (Lipinski definition) is 1. The normalized spacial score (nSPS) is 13.9. The Labute approximate surface area is 316 Å². The van der Waals surface area contributed by atoms with Crippen LogP contribution in [0.1, 0.15) is 74.6 Å². The molecule has 0 aliphatic heterocycles. The van der Waals surface area contributed by atoms with Gasteiger partial charge in [-0.15, -0.1) is 0 Å². The average molecular weight is 712 g/mol. The molecule has 1 N–H and O–H groups in total. The fourth-order valence-electron chi connectivity index (χ4n) is 7.08. The van der Waals surface area contributed by atoms with Crippen LogP contribution >= 0.6 is 15.9 Å². The molecule has 244 valence electrons. The van der Waals surface area contributed by atoms with Crippen molar-refractivity contribution in [3.8, 4) is 22.3 Å². The van der Waals surface area contributed by atoms with Crippen LogP contribution < -0.4 is 18.9 Å². The Morgan fingerprint density at radius 3 is 1.38 bits per heavy atom. The van der Waals surface area contributed by atoms with Gasteiger partial charge in [-0.3, -0.25) is 4.79 Å². The van der Waals surface area contributed by atoms with E-state index < -0.39 is 5.60 Å². The number of benzene rings is 6. The zero-order valence-electron chi connectivity index (χ0n) is 28.9. The predicted octanol–water partition coefficient (Wildman–Crippen LogP) is 8.12. The Balaban J connectivity index is 0.000000132. The van der Waals surface area contributed by atoms with Crippen LogP contribution in [0.15, 0.2) is 138 Å². The van der Waals surface area contributed by atoms with E-state index in [1.807, 2.05) is 72.8 Å². The zero-order valence-corrected chi connectivity index (χ0v) is 30.5. The molecule has 50 heavy (non-hydrogen) atoms. The molecule has 4 aliphatic carbocycles. The number of ketones is 1. The Bertz CT molecular complexity index is 2070. The second kappa shape index (κ2) is 15.5. The Morgan fingerprint density at radius 1 is 0.580 bits per heavy atom. The largest absolute Gasteiger partial charge is 1.00 e. The SMILES string of the molecule is Brc1ccc2c(c1)CC2.O=C1c2ccccc2-c2ccccc21.OC1(c2ccc3c(c2)CC3)c2ccccc2-c2ccccc21.[CH2-]CCC.[Li+]. The second-order valence-corrected chi connectivity index (χ2v) is 13.9. The van der Waals surface area contributed by atoms with Crippen molar-refractivity contribution in [1.29, 1.82) is 0 Å². The van der Waals surface area contributed by atoms with Gasteiger partial charge in [-0.1, -0.05) is 151 Å². The molecule has 6 aromatic rings. The molecule has 6 aromatic carbocycles. The van der Waals surface area contributed by atoms with E-state index in [-0.39, 0.29) is 24.6 Å². The molecule has 0 saturated heterocycles. The second-order valence-electron chi connectivity index (χ2n) is 13.0. The summed E-state index contributed by atoms with van der Waals surface area (Å²) >= 11 is 3.43. The molecule has 0 heterocycles. The summed E-state index contributed by atoms with van der Waals surface area (Å²) in [6.45, 7) is 5.72. The van der Waals surface area contributed by atoms with Gasteiger partial charge in [-0.25, -0.2) is 0 Å². The first-order chi connectivity index (χ1) is 23.9. The topological polar surface area (TPSA) is 37.3 Å². The van der Waals surface area contributed by atoms with Crippen molar-refractivity contribution in [3.63, 3.8) is 0 Å². The van der Waals surface area contributed by atoms with Crippen molar-refractivity contribution < 1.29 is 28.8 Å². The number of aliphatic hydroxyl groups is 1. The molecule has 0 unspecified atom stereocenters. The summed E-state index contributed by atoms with van der Waals surface area (Å²) in [7, 11) is 0. The third-order valence-corrected chi connectivity index (χ3v) is 10.5. The van der Waals surface area contributed by atoms with E-state index >= 15 is 0 Å². The minimum atomic E-state index is -1.03. The number of carbonyl (C=O) groups excluding carboxylic acids is 1. The molecular weight excluding hydrogens is 671 g/mol. The molecule has 4 aliphatic rings. The van der Waals surface area contributed by atoms with E-state index in [0.29, 0.717) is 0 Å². The van der Waals surface area contributed by atoms with Crippen LogP contribution in [-0.4, -0.2) is 10.9 Å². The first kappa shape index (κ1) is 35.8. The van der Waals surface area contributed by atoms with Crippen LogP contribution in [0.3, 0.4) is 0 Å². The number of aryl methyl sites for hydroxylation is 4. The molecular formula is C46H40BrLiO2. The maximum atomic E-state index is 11.9. The maximum Gasteiger partial charge on any atom is 1.00 e. The van der Waals surface area contributed by atoms with Gasteiger partial charge in [0.1, 0.15) is 5.60 Å². The van der Waals surface area contributed by atoms with Crippen LogP contribution in [-0.2, 0) is 31.3 Å². The summed E-state index contributed by atoms with van der Waals surface area (Å²) < 4.78 is 1.21. The summed E-state index contributed by atoms with van der Waals surface area (Å²) in [4.78, 5) is 11.9. The van der Waals surface area contributed by atoms with E-state index in [4.69, 9.17) is 0 Å². The minimum absolute atomic E-state index is 0. The predicted molar refractivity (Wildman–Crippen MR) is 205 cm³/mol. The van der Waals surface area contributed by atoms with Crippen LogP contribution in [0.2, 0.25) is 0 Å². The first-order valence-corrected chi connectivity index (χ1v) is 18.1. The smallest absolute Gasteiger partial charge is 0.376 e. The fraction of sp³-hybridized carbons (Fsp3) is 0.174. The summed E-state index contributed by atoms with van der Waals surface area (Å²) in [6.07, 6.45) is 7.13. The average Bonchev–Trinajstić information content (AvgIpc) is 3.56. The van der Waals surface area contributed by atoms with Crippen molar-refractivity contribution >= 4 is 21.7 Å². The van der Waals surface area contributed by atoms with E-state index in [0.717, 1.165) is 62.9 Å². The zero-order chi connectivity index (χ0) is 34.0. The van der Waals surface area contributed by atoms with Gasteiger partial charge in [0.25, 0.3) is 0 Å². The summed E-state index contributed by atoms with van der Waals surface area (Å²) in [5.41, 5.74) is 13.9. The van der Waals surface area contributed by atoms with Crippen LogP contribution in [0.5, 0.6) is 0 Å². The van der Waals surface area contributed by atoms with Crippen LogP contribution in [0.25, 0.3) is 22.3 Å². The number of halogens is 1. The van der Waals surface area contributed by atoms with Crippen molar-refractivity contribution in [2.24, 2.45) is 0 Å². The van der Waals surface area contributed by atoms with Crippen molar-refractivity contribution in [1.82, 2.24) is 0 Å². The van der Waals surface area contributed by atoms with E-state index in [2.05, 4.69) is 90.4 Å². The van der Waals surface area contributed by atoms with E-state index in [1.54, 1.807) is 0 Å². The molecule has 0 amide bonds. The van der Waals surface area contributed by atoms with Gasteiger partial charge >= 0.3 is 18.9 Å². The van der Waals surface area contributed by atoms with Crippen LogP contribution in [0, 0.1) is 6.92 Å². The Hall–Kier alpha value is -3.97. The number of rotatable bonds is 2. The number of unbranched alkanes of at least 4 members (excludes halogenated alkanes) is 1. The van der Waals surface area contributed by atoms with Gasteiger partial charge in [0.2, 0.25) is 0 Å².